The highest BCUT2D eigenvalue weighted by Crippen LogP contribution is 2.50. The summed E-state index contributed by atoms with van der Waals surface area (Å²) in [7, 11) is 0. The maximum Gasteiger partial charge on any atom is 0.187 e. The number of nitrogens with zero attached hydrogens (tertiary/aromatic N) is 6. The van der Waals surface area contributed by atoms with Gasteiger partial charge in [0, 0.05) is 67.0 Å². The molecule has 0 bridgehead atoms. The summed E-state index contributed by atoms with van der Waals surface area (Å²) in [4.78, 5) is 14.3. The van der Waals surface area contributed by atoms with Crippen LogP contribution in [-0.2, 0) is 0 Å². The highest BCUT2D eigenvalue weighted by molar-refractivity contribution is 6.39. The van der Waals surface area contributed by atoms with Crippen LogP contribution in [0.5, 0.6) is 0 Å². The van der Waals surface area contributed by atoms with Crippen LogP contribution in [0.2, 0.25) is 0 Å². The van der Waals surface area contributed by atoms with Gasteiger partial charge in [-0.2, -0.15) is 0 Å². The lowest BCUT2D eigenvalue weighted by Gasteiger charge is -2.13. The number of hydrogen-bond acceptors (Lipinski definition) is 3. The van der Waals surface area contributed by atoms with E-state index >= 15 is 0 Å². The van der Waals surface area contributed by atoms with Gasteiger partial charge in [-0.25, -0.2) is 14.8 Å². The van der Waals surface area contributed by atoms with E-state index in [1.165, 1.54) is 10.8 Å². The van der Waals surface area contributed by atoms with Crippen LogP contribution in [0.4, 0.5) is 5.69 Å². The molecular weight excluding hydrogens is 809 g/mol. The zero-order valence-electron chi connectivity index (χ0n) is 35.2. The molecule has 5 aromatic heterocycles. The summed E-state index contributed by atoms with van der Waals surface area (Å²) in [6, 6.07) is 71.8. The zero-order chi connectivity index (χ0) is 43.5. The zero-order valence-corrected chi connectivity index (χ0v) is 35.2. The van der Waals surface area contributed by atoms with Crippen molar-refractivity contribution >= 4 is 93.0 Å². The first-order chi connectivity index (χ1) is 32.7. The molecule has 0 saturated carbocycles. The fourth-order valence-corrected chi connectivity index (χ4v) is 10.5. The Morgan fingerprint density at radius 1 is 0.409 bits per heavy atom. The predicted molar refractivity (Wildman–Crippen MR) is 269 cm³/mol. The Morgan fingerprint density at radius 2 is 0.955 bits per heavy atom. The van der Waals surface area contributed by atoms with Gasteiger partial charge in [0.2, 0.25) is 0 Å². The number of hydrogen-bond donors (Lipinski definition) is 0. The van der Waals surface area contributed by atoms with E-state index in [-0.39, 0.29) is 0 Å². The molecule has 0 aliphatic heterocycles. The van der Waals surface area contributed by atoms with Gasteiger partial charge in [0.25, 0.3) is 0 Å². The van der Waals surface area contributed by atoms with Crippen molar-refractivity contribution in [1.29, 1.82) is 0 Å². The van der Waals surface area contributed by atoms with Crippen LogP contribution in [0.25, 0.3) is 132 Å². The SMILES string of the molecule is [C-]#[N+]c1ccc(-c2nc(-c3ccccc3)cc(-n3c4ccccc4c4c5c(c6ccccc6n5-c5ccccc5)c5oc6cc(-n7c8ccccc8c8ccccc87)ccc6c5c43)n2)cc1. The lowest BCUT2D eigenvalue weighted by molar-refractivity contribution is 0.673. The van der Waals surface area contributed by atoms with E-state index in [1.54, 1.807) is 0 Å². The van der Waals surface area contributed by atoms with Gasteiger partial charge in [0.15, 0.2) is 11.5 Å². The van der Waals surface area contributed by atoms with E-state index in [2.05, 4.69) is 182 Å². The Morgan fingerprint density at radius 3 is 1.62 bits per heavy atom. The molecule has 0 aliphatic carbocycles. The Bertz CT molecular complexity index is 4280. The second-order valence-electron chi connectivity index (χ2n) is 16.8. The summed E-state index contributed by atoms with van der Waals surface area (Å²) in [6.45, 7) is 7.61. The van der Waals surface area contributed by atoms with Crippen LogP contribution in [0.3, 0.4) is 0 Å². The van der Waals surface area contributed by atoms with E-state index in [1.807, 2.05) is 42.5 Å². The average molecular weight is 843 g/mol. The van der Waals surface area contributed by atoms with Crippen LogP contribution < -0.4 is 0 Å². The van der Waals surface area contributed by atoms with Crippen molar-refractivity contribution in [3.8, 4) is 39.8 Å². The smallest absolute Gasteiger partial charge is 0.187 e. The molecule has 0 saturated heterocycles. The standard InChI is InChI=1S/C59H34N6O/c1-60-38-30-28-37(29-31-38)59-61-46(36-16-4-2-5-17-36)35-52(62-59)65-50-27-15-10-22-43(50)53-56-54(44-23-11-14-26-49(44)64(56)39-18-6-3-7-19-39)58-55(57(53)65)45-33-32-40(34-51(45)66-58)63-47-24-12-8-20-41(47)42-21-9-13-25-48(42)63/h2-35H. The largest absolute Gasteiger partial charge is 0.455 e. The molecule has 14 aromatic rings. The first kappa shape index (κ1) is 36.3. The van der Waals surface area contributed by atoms with Gasteiger partial charge in [-0.05, 0) is 48.5 Å². The molecule has 0 N–H and O–H groups in total. The van der Waals surface area contributed by atoms with Crippen molar-refractivity contribution in [2.45, 2.75) is 0 Å². The molecule has 9 aromatic carbocycles. The van der Waals surface area contributed by atoms with Gasteiger partial charge in [-0.1, -0.05) is 146 Å². The average Bonchev–Trinajstić information content (AvgIpc) is 4.13. The molecule has 0 unspecified atom stereocenters. The fourth-order valence-electron chi connectivity index (χ4n) is 10.5. The lowest BCUT2D eigenvalue weighted by Crippen LogP contribution is -2.03. The van der Waals surface area contributed by atoms with Crippen LogP contribution in [0.1, 0.15) is 0 Å². The van der Waals surface area contributed by atoms with Gasteiger partial charge in [-0.3, -0.25) is 4.57 Å². The van der Waals surface area contributed by atoms with E-state index < -0.39 is 0 Å². The summed E-state index contributed by atoms with van der Waals surface area (Å²) in [5.41, 5.74) is 13.3. The van der Waals surface area contributed by atoms with Crippen molar-refractivity contribution in [1.82, 2.24) is 23.7 Å². The van der Waals surface area contributed by atoms with E-state index in [4.69, 9.17) is 21.0 Å². The first-order valence-electron chi connectivity index (χ1n) is 22.0. The third-order valence-electron chi connectivity index (χ3n) is 13.2. The molecule has 14 rings (SSSR count). The van der Waals surface area contributed by atoms with Crippen molar-refractivity contribution in [3.05, 3.63) is 218 Å². The topological polar surface area (TPSA) is 58.1 Å². The predicted octanol–water partition coefficient (Wildman–Crippen LogP) is 15.6. The summed E-state index contributed by atoms with van der Waals surface area (Å²) < 4.78 is 14.5. The lowest BCUT2D eigenvalue weighted by atomic mass is 10.0. The second-order valence-corrected chi connectivity index (χ2v) is 16.8. The summed E-state index contributed by atoms with van der Waals surface area (Å²) in [5, 5.41) is 8.80. The maximum atomic E-state index is 7.61. The summed E-state index contributed by atoms with van der Waals surface area (Å²) >= 11 is 0. The van der Waals surface area contributed by atoms with Gasteiger partial charge >= 0.3 is 0 Å². The molecule has 0 amide bonds. The number of benzene rings is 9. The van der Waals surface area contributed by atoms with Gasteiger partial charge in [0.05, 0.1) is 56.1 Å². The van der Waals surface area contributed by atoms with Crippen molar-refractivity contribution in [2.24, 2.45) is 0 Å². The first-order valence-corrected chi connectivity index (χ1v) is 22.0. The van der Waals surface area contributed by atoms with E-state index in [9.17, 15) is 0 Å². The van der Waals surface area contributed by atoms with Gasteiger partial charge in [-0.15, -0.1) is 0 Å². The van der Waals surface area contributed by atoms with Crippen molar-refractivity contribution in [2.75, 3.05) is 0 Å². The molecular formula is C59H34N6O. The summed E-state index contributed by atoms with van der Waals surface area (Å²) in [6.07, 6.45) is 0. The minimum atomic E-state index is 0.564. The Kier molecular flexibility index (Phi) is 7.62. The quantitative estimate of drug-likeness (QED) is 0.162. The fraction of sp³-hybridized carbons (Fsp3) is 0. The van der Waals surface area contributed by atoms with E-state index in [0.29, 0.717) is 11.5 Å². The highest BCUT2D eigenvalue weighted by atomic mass is 16.3. The molecule has 0 radical (unpaired) electrons. The molecule has 7 heteroatoms. The van der Waals surface area contributed by atoms with Crippen LogP contribution in [0.15, 0.2) is 211 Å². The third-order valence-corrected chi connectivity index (χ3v) is 13.2. The number of fused-ring (bicyclic) bond motifs is 15. The number of furan rings is 1. The summed E-state index contributed by atoms with van der Waals surface area (Å²) in [5.74, 6) is 1.29. The third kappa shape index (κ3) is 5.12. The Balaban J connectivity index is 1.18. The molecule has 0 aliphatic rings. The van der Waals surface area contributed by atoms with Crippen molar-refractivity contribution in [3.63, 3.8) is 0 Å². The molecule has 5 heterocycles. The van der Waals surface area contributed by atoms with Crippen LogP contribution in [-0.4, -0.2) is 23.7 Å². The monoisotopic (exact) mass is 842 g/mol. The molecule has 0 atom stereocenters. The van der Waals surface area contributed by atoms with E-state index in [0.717, 1.165) is 111 Å². The number of rotatable bonds is 5. The normalized spacial score (nSPS) is 11.9. The molecule has 66 heavy (non-hydrogen) atoms. The Hall–Kier alpha value is -9.25. The van der Waals surface area contributed by atoms with Crippen LogP contribution in [0, 0.1) is 6.57 Å². The number of para-hydroxylation sites is 5. The van der Waals surface area contributed by atoms with Crippen molar-refractivity contribution < 1.29 is 4.42 Å². The highest BCUT2D eigenvalue weighted by Gasteiger charge is 2.29. The minimum absolute atomic E-state index is 0.564. The molecule has 0 spiro atoms. The minimum Gasteiger partial charge on any atom is -0.455 e. The second kappa shape index (κ2) is 13.9. The maximum absolute atomic E-state index is 7.61. The van der Waals surface area contributed by atoms with Gasteiger partial charge < -0.3 is 13.6 Å². The van der Waals surface area contributed by atoms with Gasteiger partial charge in [0.1, 0.15) is 17.0 Å². The molecule has 7 nitrogen and oxygen atoms in total. The molecule has 306 valence electrons. The number of aromatic nitrogens is 5. The Labute approximate surface area is 377 Å². The molecule has 0 fully saturated rings. The van der Waals surface area contributed by atoms with Crippen LogP contribution >= 0.6 is 0 Å².